The molecule has 3 nitrogen and oxygen atoms in total. The molecule has 0 fully saturated rings. The summed E-state index contributed by atoms with van der Waals surface area (Å²) in [4.78, 5) is 11.0. The van der Waals surface area contributed by atoms with Crippen molar-refractivity contribution in [3.05, 3.63) is 48.0 Å². The van der Waals surface area contributed by atoms with Crippen LogP contribution < -0.4 is 0 Å². The van der Waals surface area contributed by atoms with E-state index in [9.17, 15) is 4.79 Å². The number of hydrogen-bond acceptors (Lipinski definition) is 2. The molecule has 0 spiro atoms. The highest BCUT2D eigenvalue weighted by Gasteiger charge is 2.19. The van der Waals surface area contributed by atoms with Gasteiger partial charge < -0.3 is 9.84 Å². The highest BCUT2D eigenvalue weighted by molar-refractivity contribution is 5.74. The lowest BCUT2D eigenvalue weighted by atomic mass is 10.1. The van der Waals surface area contributed by atoms with Crippen LogP contribution >= 0.6 is 0 Å². The number of carboxylic acids is 1. The van der Waals surface area contributed by atoms with Gasteiger partial charge in [0.1, 0.15) is 0 Å². The Morgan fingerprint density at radius 3 is 2.53 bits per heavy atom. The second-order valence-electron chi connectivity index (χ2n) is 3.40. The van der Waals surface area contributed by atoms with Gasteiger partial charge in [0.15, 0.2) is 6.10 Å². The third-order valence-corrected chi connectivity index (χ3v) is 1.82. The predicted molar refractivity (Wildman–Crippen MR) is 57.6 cm³/mol. The molecule has 0 heterocycles. The van der Waals surface area contributed by atoms with Gasteiger partial charge in [0.25, 0.3) is 0 Å². The molecular weight excluding hydrogens is 192 g/mol. The van der Waals surface area contributed by atoms with Crippen molar-refractivity contribution in [2.24, 2.45) is 0 Å². The van der Waals surface area contributed by atoms with Crippen molar-refractivity contribution in [3.8, 4) is 0 Å². The molecule has 3 heteroatoms. The van der Waals surface area contributed by atoms with Crippen LogP contribution in [0.4, 0.5) is 0 Å². The zero-order valence-electron chi connectivity index (χ0n) is 8.64. The largest absolute Gasteiger partial charge is 0.479 e. The number of aliphatic carboxylic acids is 1. The minimum Gasteiger partial charge on any atom is -0.479 e. The maximum absolute atomic E-state index is 11.0. The summed E-state index contributed by atoms with van der Waals surface area (Å²) in [6.45, 7) is 5.71. The Kier molecular flexibility index (Phi) is 4.06. The standard InChI is InChI=1S/C12H14O3/c1-9(2)8-15-11(12(13)14)10-6-4-3-5-7-10/h3-7,11H,1,8H2,2H3,(H,13,14). The number of rotatable bonds is 5. The zero-order valence-corrected chi connectivity index (χ0v) is 8.64. The normalized spacial score (nSPS) is 12.1. The number of ether oxygens (including phenoxy) is 1. The minimum atomic E-state index is -0.984. The second kappa shape index (κ2) is 5.32. The number of carbonyl (C=O) groups is 1. The smallest absolute Gasteiger partial charge is 0.337 e. The quantitative estimate of drug-likeness (QED) is 0.752. The van der Waals surface area contributed by atoms with Gasteiger partial charge in [0, 0.05) is 0 Å². The molecule has 80 valence electrons. The van der Waals surface area contributed by atoms with Crippen LogP contribution in [-0.2, 0) is 9.53 Å². The molecule has 0 saturated heterocycles. The first-order valence-corrected chi connectivity index (χ1v) is 4.65. The van der Waals surface area contributed by atoms with Gasteiger partial charge in [-0.1, -0.05) is 42.5 Å². The van der Waals surface area contributed by atoms with Gasteiger partial charge in [-0.2, -0.15) is 0 Å². The van der Waals surface area contributed by atoms with Crippen molar-refractivity contribution >= 4 is 5.97 Å². The highest BCUT2D eigenvalue weighted by atomic mass is 16.5. The van der Waals surface area contributed by atoms with E-state index in [1.165, 1.54) is 0 Å². The number of carboxylic acid groups (broad SMARTS) is 1. The first kappa shape index (κ1) is 11.5. The van der Waals surface area contributed by atoms with Gasteiger partial charge in [-0.05, 0) is 12.5 Å². The summed E-state index contributed by atoms with van der Waals surface area (Å²) in [6, 6.07) is 8.88. The molecule has 1 atom stereocenters. The van der Waals surface area contributed by atoms with E-state index in [-0.39, 0.29) is 6.61 Å². The summed E-state index contributed by atoms with van der Waals surface area (Å²) < 4.78 is 5.25. The lowest BCUT2D eigenvalue weighted by Gasteiger charge is -2.13. The highest BCUT2D eigenvalue weighted by Crippen LogP contribution is 2.17. The SMILES string of the molecule is C=C(C)COC(C(=O)O)c1ccccc1. The maximum Gasteiger partial charge on any atom is 0.337 e. The summed E-state index contributed by atoms with van der Waals surface area (Å²) in [7, 11) is 0. The van der Waals surface area contributed by atoms with Crippen LogP contribution in [0.15, 0.2) is 42.5 Å². The molecule has 0 aliphatic carbocycles. The molecule has 1 aromatic carbocycles. The molecule has 0 aliphatic rings. The molecule has 1 unspecified atom stereocenters. The third-order valence-electron chi connectivity index (χ3n) is 1.82. The maximum atomic E-state index is 11.0. The van der Waals surface area contributed by atoms with Crippen LogP contribution in [0, 0.1) is 0 Å². The summed E-state index contributed by atoms with van der Waals surface area (Å²) >= 11 is 0. The Morgan fingerprint density at radius 1 is 1.47 bits per heavy atom. The van der Waals surface area contributed by atoms with Crippen molar-refractivity contribution in [3.63, 3.8) is 0 Å². The molecule has 1 N–H and O–H groups in total. The first-order chi connectivity index (χ1) is 7.11. The fourth-order valence-electron chi connectivity index (χ4n) is 1.16. The summed E-state index contributed by atoms with van der Waals surface area (Å²) in [5.74, 6) is -0.984. The molecule has 1 aromatic rings. The first-order valence-electron chi connectivity index (χ1n) is 4.65. The lowest BCUT2D eigenvalue weighted by Crippen LogP contribution is -2.16. The van der Waals surface area contributed by atoms with E-state index < -0.39 is 12.1 Å². The van der Waals surface area contributed by atoms with Crippen molar-refractivity contribution in [1.82, 2.24) is 0 Å². The lowest BCUT2D eigenvalue weighted by molar-refractivity contribution is -0.150. The molecular formula is C12H14O3. The van der Waals surface area contributed by atoms with E-state index in [1.807, 2.05) is 6.07 Å². The predicted octanol–water partition coefficient (Wildman–Crippen LogP) is 2.41. The molecule has 0 aromatic heterocycles. The van der Waals surface area contributed by atoms with E-state index in [0.29, 0.717) is 5.56 Å². The van der Waals surface area contributed by atoms with E-state index in [2.05, 4.69) is 6.58 Å². The Hall–Kier alpha value is -1.61. The third kappa shape index (κ3) is 3.56. The Labute approximate surface area is 89.0 Å². The van der Waals surface area contributed by atoms with Gasteiger partial charge >= 0.3 is 5.97 Å². The number of benzene rings is 1. The number of hydrogen-bond donors (Lipinski definition) is 1. The van der Waals surface area contributed by atoms with E-state index >= 15 is 0 Å². The van der Waals surface area contributed by atoms with Crippen LogP contribution in [0.5, 0.6) is 0 Å². The zero-order chi connectivity index (χ0) is 11.3. The van der Waals surface area contributed by atoms with Gasteiger partial charge in [-0.15, -0.1) is 0 Å². The van der Waals surface area contributed by atoms with Crippen LogP contribution in [0.2, 0.25) is 0 Å². The second-order valence-corrected chi connectivity index (χ2v) is 3.40. The summed E-state index contributed by atoms with van der Waals surface area (Å²) in [5, 5.41) is 8.98. The minimum absolute atomic E-state index is 0.256. The van der Waals surface area contributed by atoms with Crippen LogP contribution in [0.1, 0.15) is 18.6 Å². The monoisotopic (exact) mass is 206 g/mol. The van der Waals surface area contributed by atoms with E-state index in [4.69, 9.17) is 9.84 Å². The van der Waals surface area contributed by atoms with E-state index in [0.717, 1.165) is 5.57 Å². The fraction of sp³-hybridized carbons (Fsp3) is 0.250. The Bertz CT molecular complexity index is 343. The van der Waals surface area contributed by atoms with Crippen molar-refractivity contribution in [2.45, 2.75) is 13.0 Å². The van der Waals surface area contributed by atoms with Crippen molar-refractivity contribution < 1.29 is 14.6 Å². The molecule has 0 aliphatic heterocycles. The molecule has 0 radical (unpaired) electrons. The summed E-state index contributed by atoms with van der Waals surface area (Å²) in [6.07, 6.45) is -0.914. The fourth-order valence-corrected chi connectivity index (χ4v) is 1.16. The van der Waals surface area contributed by atoms with Gasteiger partial charge in [-0.25, -0.2) is 4.79 Å². The van der Waals surface area contributed by atoms with Gasteiger partial charge in [0.2, 0.25) is 0 Å². The van der Waals surface area contributed by atoms with Gasteiger partial charge in [0.05, 0.1) is 6.61 Å². The molecule has 0 amide bonds. The Morgan fingerprint density at radius 2 is 2.07 bits per heavy atom. The van der Waals surface area contributed by atoms with Crippen molar-refractivity contribution in [1.29, 1.82) is 0 Å². The van der Waals surface area contributed by atoms with E-state index in [1.54, 1.807) is 31.2 Å². The van der Waals surface area contributed by atoms with Gasteiger partial charge in [-0.3, -0.25) is 0 Å². The summed E-state index contributed by atoms with van der Waals surface area (Å²) in [5.41, 5.74) is 1.45. The molecule has 15 heavy (non-hydrogen) atoms. The molecule has 0 saturated carbocycles. The van der Waals surface area contributed by atoms with Crippen LogP contribution in [0.25, 0.3) is 0 Å². The van der Waals surface area contributed by atoms with Crippen molar-refractivity contribution in [2.75, 3.05) is 6.61 Å². The average molecular weight is 206 g/mol. The topological polar surface area (TPSA) is 46.5 Å². The molecule has 0 bridgehead atoms. The van der Waals surface area contributed by atoms with Crippen LogP contribution in [-0.4, -0.2) is 17.7 Å². The Balaban J connectivity index is 2.75. The average Bonchev–Trinajstić information content (AvgIpc) is 2.18. The van der Waals surface area contributed by atoms with Crippen LogP contribution in [0.3, 0.4) is 0 Å². The molecule has 1 rings (SSSR count).